The lowest BCUT2D eigenvalue weighted by Gasteiger charge is -2.00. The number of halogens is 2. The van der Waals surface area contributed by atoms with Gasteiger partial charge in [0, 0.05) is 4.88 Å². The first kappa shape index (κ1) is 12.9. The van der Waals surface area contributed by atoms with E-state index in [2.05, 4.69) is 26.5 Å². The molecule has 0 saturated carbocycles. The minimum absolute atomic E-state index is 0.0259. The maximum atomic E-state index is 13.3. The van der Waals surface area contributed by atoms with Crippen molar-refractivity contribution in [2.24, 2.45) is 5.10 Å². The quantitative estimate of drug-likeness (QED) is 0.681. The molecule has 1 heterocycles. The Hall–Kier alpha value is -1.53. The Labute approximate surface area is 115 Å². The molecule has 0 atom stereocenters. The standard InChI is InChI=1S/C12H8BrFN2OS/c13-11-6-5-8(18-11)7-15-16-12(17)9-3-1-2-4-10(9)14/h1-7H,(H,16,17). The number of nitrogens with one attached hydrogen (secondary N) is 1. The molecule has 2 aromatic rings. The van der Waals surface area contributed by atoms with Crippen molar-refractivity contribution in [3.05, 3.63) is 56.4 Å². The summed E-state index contributed by atoms with van der Waals surface area (Å²) in [5.74, 6) is -1.14. The summed E-state index contributed by atoms with van der Waals surface area (Å²) < 4.78 is 14.3. The van der Waals surface area contributed by atoms with Crippen molar-refractivity contribution in [1.82, 2.24) is 5.43 Å². The summed E-state index contributed by atoms with van der Waals surface area (Å²) in [6.07, 6.45) is 1.51. The third-order valence-corrected chi connectivity index (χ3v) is 3.63. The molecular weight excluding hydrogens is 319 g/mol. The van der Waals surface area contributed by atoms with Crippen molar-refractivity contribution in [2.75, 3.05) is 0 Å². The number of hydrazone groups is 1. The minimum Gasteiger partial charge on any atom is -0.267 e. The van der Waals surface area contributed by atoms with Crippen LogP contribution in [0.1, 0.15) is 15.2 Å². The van der Waals surface area contributed by atoms with Gasteiger partial charge in [-0.25, -0.2) is 9.82 Å². The summed E-state index contributed by atoms with van der Waals surface area (Å²) >= 11 is 4.80. The molecule has 1 amide bonds. The molecule has 0 aliphatic heterocycles. The van der Waals surface area contributed by atoms with Crippen molar-refractivity contribution in [3.63, 3.8) is 0 Å². The Kier molecular flexibility index (Phi) is 4.22. The van der Waals surface area contributed by atoms with E-state index in [4.69, 9.17) is 0 Å². The van der Waals surface area contributed by atoms with Crippen LogP contribution in [0.2, 0.25) is 0 Å². The van der Waals surface area contributed by atoms with E-state index in [1.54, 1.807) is 6.07 Å². The van der Waals surface area contributed by atoms with Crippen LogP contribution >= 0.6 is 27.3 Å². The second-order valence-electron chi connectivity index (χ2n) is 3.32. The predicted molar refractivity (Wildman–Crippen MR) is 73.5 cm³/mol. The zero-order valence-corrected chi connectivity index (χ0v) is 11.5. The number of rotatable bonds is 3. The van der Waals surface area contributed by atoms with Crippen LogP contribution in [0.15, 0.2) is 45.3 Å². The van der Waals surface area contributed by atoms with E-state index < -0.39 is 11.7 Å². The molecule has 1 aromatic carbocycles. The van der Waals surface area contributed by atoms with Gasteiger partial charge in [0.2, 0.25) is 0 Å². The molecule has 0 aliphatic carbocycles. The predicted octanol–water partition coefficient (Wildman–Crippen LogP) is 3.41. The van der Waals surface area contributed by atoms with E-state index in [9.17, 15) is 9.18 Å². The summed E-state index contributed by atoms with van der Waals surface area (Å²) in [4.78, 5) is 12.5. The molecule has 0 spiro atoms. The highest BCUT2D eigenvalue weighted by molar-refractivity contribution is 9.11. The van der Waals surface area contributed by atoms with Crippen LogP contribution in [0.4, 0.5) is 4.39 Å². The van der Waals surface area contributed by atoms with E-state index in [0.717, 1.165) is 8.66 Å². The third-order valence-electron chi connectivity index (χ3n) is 2.07. The van der Waals surface area contributed by atoms with Crippen LogP contribution < -0.4 is 5.43 Å². The van der Waals surface area contributed by atoms with Gasteiger partial charge in [-0.05, 0) is 40.2 Å². The summed E-state index contributed by atoms with van der Waals surface area (Å²) in [5, 5.41) is 3.77. The number of hydrogen-bond acceptors (Lipinski definition) is 3. The van der Waals surface area contributed by atoms with E-state index in [1.165, 1.54) is 35.8 Å². The third kappa shape index (κ3) is 3.24. The minimum atomic E-state index is -0.569. The van der Waals surface area contributed by atoms with Gasteiger partial charge in [-0.2, -0.15) is 5.10 Å². The summed E-state index contributed by atoms with van der Waals surface area (Å²) in [7, 11) is 0. The van der Waals surface area contributed by atoms with Crippen molar-refractivity contribution in [3.8, 4) is 0 Å². The fourth-order valence-electron chi connectivity index (χ4n) is 1.26. The second-order valence-corrected chi connectivity index (χ2v) is 5.82. The molecule has 0 aliphatic rings. The average molecular weight is 327 g/mol. The summed E-state index contributed by atoms with van der Waals surface area (Å²) in [6.45, 7) is 0. The molecule has 3 nitrogen and oxygen atoms in total. The van der Waals surface area contributed by atoms with Crippen LogP contribution in [0, 0.1) is 5.82 Å². The smallest absolute Gasteiger partial charge is 0.267 e. The monoisotopic (exact) mass is 326 g/mol. The van der Waals surface area contributed by atoms with Crippen molar-refractivity contribution in [1.29, 1.82) is 0 Å². The molecule has 92 valence electrons. The molecule has 0 radical (unpaired) electrons. The highest BCUT2D eigenvalue weighted by Crippen LogP contribution is 2.20. The fourth-order valence-corrected chi connectivity index (χ4v) is 2.55. The molecule has 6 heteroatoms. The van der Waals surface area contributed by atoms with E-state index in [-0.39, 0.29) is 5.56 Å². The SMILES string of the molecule is O=C(NN=Cc1ccc(Br)s1)c1ccccc1F. The highest BCUT2D eigenvalue weighted by Gasteiger charge is 2.08. The fraction of sp³-hybridized carbons (Fsp3) is 0. The Balaban J connectivity index is 2.01. The van der Waals surface area contributed by atoms with Crippen molar-refractivity contribution >= 4 is 39.4 Å². The Morgan fingerprint density at radius 2 is 2.11 bits per heavy atom. The Morgan fingerprint density at radius 3 is 2.78 bits per heavy atom. The highest BCUT2D eigenvalue weighted by atomic mass is 79.9. The molecule has 1 aromatic heterocycles. The van der Waals surface area contributed by atoms with Gasteiger partial charge >= 0.3 is 0 Å². The number of carbonyl (C=O) groups is 1. The average Bonchev–Trinajstić information content (AvgIpc) is 2.75. The lowest BCUT2D eigenvalue weighted by Crippen LogP contribution is -2.18. The number of benzene rings is 1. The first-order valence-corrected chi connectivity index (χ1v) is 6.61. The molecule has 0 saturated heterocycles. The van der Waals surface area contributed by atoms with Crippen molar-refractivity contribution < 1.29 is 9.18 Å². The van der Waals surface area contributed by atoms with Crippen LogP contribution in [0.25, 0.3) is 0 Å². The van der Waals surface area contributed by atoms with Crippen LogP contribution in [-0.2, 0) is 0 Å². The molecule has 1 N–H and O–H groups in total. The van der Waals surface area contributed by atoms with E-state index in [0.29, 0.717) is 0 Å². The van der Waals surface area contributed by atoms with Gasteiger partial charge in [0.1, 0.15) is 5.82 Å². The van der Waals surface area contributed by atoms with Crippen LogP contribution in [0.5, 0.6) is 0 Å². The second kappa shape index (κ2) is 5.88. The van der Waals surface area contributed by atoms with Gasteiger partial charge in [0.25, 0.3) is 5.91 Å². The van der Waals surface area contributed by atoms with Gasteiger partial charge in [0.15, 0.2) is 0 Å². The first-order valence-electron chi connectivity index (χ1n) is 5.00. The topological polar surface area (TPSA) is 41.5 Å². The maximum Gasteiger partial charge on any atom is 0.274 e. The number of amides is 1. The molecule has 0 unspecified atom stereocenters. The van der Waals surface area contributed by atoms with Gasteiger partial charge in [-0.3, -0.25) is 4.79 Å². The van der Waals surface area contributed by atoms with Crippen LogP contribution in [-0.4, -0.2) is 12.1 Å². The largest absolute Gasteiger partial charge is 0.274 e. The maximum absolute atomic E-state index is 13.3. The molecule has 2 rings (SSSR count). The molecule has 0 bridgehead atoms. The molecule has 0 fully saturated rings. The zero-order chi connectivity index (χ0) is 13.0. The van der Waals surface area contributed by atoms with Crippen molar-refractivity contribution in [2.45, 2.75) is 0 Å². The summed E-state index contributed by atoms with van der Waals surface area (Å²) in [6, 6.07) is 9.49. The molecule has 18 heavy (non-hydrogen) atoms. The lowest BCUT2D eigenvalue weighted by atomic mass is 10.2. The molecular formula is C12H8BrFN2OS. The zero-order valence-electron chi connectivity index (χ0n) is 9.06. The Morgan fingerprint density at radius 1 is 1.33 bits per heavy atom. The number of thiophene rings is 1. The van der Waals surface area contributed by atoms with Gasteiger partial charge in [0.05, 0.1) is 15.6 Å². The van der Waals surface area contributed by atoms with Crippen LogP contribution in [0.3, 0.4) is 0 Å². The number of carbonyl (C=O) groups excluding carboxylic acids is 1. The summed E-state index contributed by atoms with van der Waals surface area (Å²) in [5.41, 5.74) is 2.25. The van der Waals surface area contributed by atoms with E-state index in [1.807, 2.05) is 12.1 Å². The van der Waals surface area contributed by atoms with E-state index >= 15 is 0 Å². The number of nitrogens with zero attached hydrogens (tertiary/aromatic N) is 1. The normalized spacial score (nSPS) is 10.8. The van der Waals surface area contributed by atoms with Gasteiger partial charge < -0.3 is 0 Å². The Bertz CT molecular complexity index is 597. The first-order chi connectivity index (χ1) is 8.66. The van der Waals surface area contributed by atoms with Gasteiger partial charge in [-0.15, -0.1) is 11.3 Å². The van der Waals surface area contributed by atoms with Gasteiger partial charge in [-0.1, -0.05) is 12.1 Å². The number of hydrogen-bond donors (Lipinski definition) is 1. The lowest BCUT2D eigenvalue weighted by molar-refractivity contribution is 0.0951.